The number of hydrogen-bond donors (Lipinski definition) is 2. The summed E-state index contributed by atoms with van der Waals surface area (Å²) in [6, 6.07) is 4.15. The van der Waals surface area contributed by atoms with Gasteiger partial charge in [-0.1, -0.05) is 6.07 Å². The van der Waals surface area contributed by atoms with E-state index in [-0.39, 0.29) is 12.1 Å². The van der Waals surface area contributed by atoms with E-state index >= 15 is 0 Å². The number of hydrogen-bond acceptors (Lipinski definition) is 3. The van der Waals surface area contributed by atoms with Crippen molar-refractivity contribution in [2.75, 3.05) is 27.2 Å². The molecule has 1 unspecified atom stereocenters. The van der Waals surface area contributed by atoms with Gasteiger partial charge < -0.3 is 15.3 Å². The summed E-state index contributed by atoms with van der Waals surface area (Å²) in [7, 11) is 3.52. The number of rotatable bonds is 5. The molecule has 1 amide bonds. The molecule has 1 aromatic rings. The van der Waals surface area contributed by atoms with Crippen molar-refractivity contribution in [1.29, 1.82) is 0 Å². The lowest BCUT2D eigenvalue weighted by atomic mass is 10.1. The lowest BCUT2D eigenvalue weighted by Crippen LogP contribution is -2.37. The lowest BCUT2D eigenvalue weighted by molar-refractivity contribution is -0.137. The second-order valence-corrected chi connectivity index (χ2v) is 4.70. The minimum Gasteiger partial charge on any atom is -0.390 e. The number of alkyl halides is 3. The van der Waals surface area contributed by atoms with Gasteiger partial charge in [-0.3, -0.25) is 4.79 Å². The van der Waals surface area contributed by atoms with Gasteiger partial charge in [0.15, 0.2) is 0 Å². The van der Waals surface area contributed by atoms with Crippen LogP contribution in [0.1, 0.15) is 15.9 Å². The predicted octanol–water partition coefficient (Wildman–Crippen LogP) is 1.36. The van der Waals surface area contributed by atoms with Gasteiger partial charge in [0.25, 0.3) is 5.91 Å². The van der Waals surface area contributed by atoms with Crippen LogP contribution in [0.4, 0.5) is 13.2 Å². The maximum absolute atomic E-state index is 12.5. The van der Waals surface area contributed by atoms with Crippen molar-refractivity contribution in [1.82, 2.24) is 10.2 Å². The Labute approximate surface area is 115 Å². The standard InChI is InChI=1S/C13H17F3N2O2/c1-18(2)8-11(19)7-17-12(20)9-4-3-5-10(6-9)13(14,15)16/h3-6,11,19H,7-8H2,1-2H3,(H,17,20). The fourth-order valence-electron chi connectivity index (χ4n) is 1.64. The summed E-state index contributed by atoms with van der Waals surface area (Å²) in [5, 5.41) is 12.0. The molecular formula is C13H17F3N2O2. The molecule has 0 saturated carbocycles. The molecule has 1 atom stereocenters. The molecule has 112 valence electrons. The normalized spacial score (nSPS) is 13.3. The van der Waals surface area contributed by atoms with Crippen molar-refractivity contribution in [3.63, 3.8) is 0 Å². The molecule has 7 heteroatoms. The van der Waals surface area contributed by atoms with Gasteiger partial charge in [0.1, 0.15) is 0 Å². The molecule has 0 radical (unpaired) electrons. The number of nitrogens with zero attached hydrogens (tertiary/aromatic N) is 1. The predicted molar refractivity (Wildman–Crippen MR) is 68.3 cm³/mol. The van der Waals surface area contributed by atoms with Crippen LogP contribution in [0.3, 0.4) is 0 Å². The number of carbonyl (C=O) groups excluding carboxylic acids is 1. The van der Waals surface area contributed by atoms with Gasteiger partial charge in [-0.15, -0.1) is 0 Å². The van der Waals surface area contributed by atoms with Crippen LogP contribution in [0.5, 0.6) is 0 Å². The first-order valence-electron chi connectivity index (χ1n) is 5.98. The van der Waals surface area contributed by atoms with Crippen LogP contribution in [0.15, 0.2) is 24.3 Å². The van der Waals surface area contributed by atoms with Crippen LogP contribution < -0.4 is 5.32 Å². The van der Waals surface area contributed by atoms with E-state index in [2.05, 4.69) is 5.32 Å². The topological polar surface area (TPSA) is 52.6 Å². The number of benzene rings is 1. The SMILES string of the molecule is CN(C)CC(O)CNC(=O)c1cccc(C(F)(F)F)c1. The van der Waals surface area contributed by atoms with E-state index in [1.807, 2.05) is 0 Å². The van der Waals surface area contributed by atoms with Gasteiger partial charge in [-0.2, -0.15) is 13.2 Å². The van der Waals surface area contributed by atoms with E-state index in [0.29, 0.717) is 6.54 Å². The summed E-state index contributed by atoms with van der Waals surface area (Å²) in [5.41, 5.74) is -0.962. The Hall–Kier alpha value is -1.60. The van der Waals surface area contributed by atoms with Gasteiger partial charge in [0, 0.05) is 18.7 Å². The number of amides is 1. The largest absolute Gasteiger partial charge is 0.416 e. The van der Waals surface area contributed by atoms with Crippen LogP contribution >= 0.6 is 0 Å². The monoisotopic (exact) mass is 290 g/mol. The first-order valence-corrected chi connectivity index (χ1v) is 5.98. The van der Waals surface area contributed by atoms with Crippen LogP contribution in [-0.2, 0) is 6.18 Å². The van der Waals surface area contributed by atoms with E-state index < -0.39 is 23.8 Å². The Balaban J connectivity index is 2.64. The van der Waals surface area contributed by atoms with Crippen molar-refractivity contribution in [3.05, 3.63) is 35.4 Å². The summed E-state index contributed by atoms with van der Waals surface area (Å²) in [6.07, 6.45) is -5.26. The van der Waals surface area contributed by atoms with Gasteiger partial charge in [0.05, 0.1) is 11.7 Å². The van der Waals surface area contributed by atoms with Crippen LogP contribution in [0, 0.1) is 0 Å². The molecule has 1 rings (SSSR count). The highest BCUT2D eigenvalue weighted by atomic mass is 19.4. The van der Waals surface area contributed by atoms with Crippen molar-refractivity contribution >= 4 is 5.91 Å². The quantitative estimate of drug-likeness (QED) is 0.861. The van der Waals surface area contributed by atoms with Gasteiger partial charge >= 0.3 is 6.18 Å². The molecule has 0 aromatic heterocycles. The lowest BCUT2D eigenvalue weighted by Gasteiger charge is -2.16. The van der Waals surface area contributed by atoms with Crippen molar-refractivity contribution < 1.29 is 23.1 Å². The molecule has 0 heterocycles. The highest BCUT2D eigenvalue weighted by molar-refractivity contribution is 5.94. The Kier molecular flexibility index (Phi) is 5.52. The summed E-state index contributed by atoms with van der Waals surface area (Å²) >= 11 is 0. The maximum Gasteiger partial charge on any atom is 0.416 e. The van der Waals surface area contributed by atoms with Crippen molar-refractivity contribution in [3.8, 4) is 0 Å². The second kappa shape index (κ2) is 6.71. The number of halogens is 3. The number of nitrogens with one attached hydrogen (secondary N) is 1. The van der Waals surface area contributed by atoms with E-state index in [1.165, 1.54) is 12.1 Å². The molecule has 0 fully saturated rings. The summed E-state index contributed by atoms with van der Waals surface area (Å²) in [6.45, 7) is 0.329. The molecule has 0 bridgehead atoms. The van der Waals surface area contributed by atoms with Gasteiger partial charge in [0.2, 0.25) is 0 Å². The first-order chi connectivity index (χ1) is 9.20. The zero-order valence-electron chi connectivity index (χ0n) is 11.2. The molecular weight excluding hydrogens is 273 g/mol. The third-order valence-corrected chi connectivity index (χ3v) is 2.53. The van der Waals surface area contributed by atoms with E-state index in [9.17, 15) is 23.1 Å². The fourth-order valence-corrected chi connectivity index (χ4v) is 1.64. The number of aliphatic hydroxyl groups is 1. The molecule has 0 saturated heterocycles. The van der Waals surface area contributed by atoms with Crippen molar-refractivity contribution in [2.24, 2.45) is 0 Å². The molecule has 0 aliphatic heterocycles. The fraction of sp³-hybridized carbons (Fsp3) is 0.462. The minimum absolute atomic E-state index is 0.0206. The second-order valence-electron chi connectivity index (χ2n) is 4.70. The Bertz CT molecular complexity index is 461. The molecule has 0 spiro atoms. The van der Waals surface area contributed by atoms with Gasteiger partial charge in [-0.05, 0) is 32.3 Å². The summed E-state index contributed by atoms with van der Waals surface area (Å²) in [5.74, 6) is -0.645. The third kappa shape index (κ3) is 5.18. The highest BCUT2D eigenvalue weighted by Gasteiger charge is 2.30. The molecule has 4 nitrogen and oxygen atoms in total. The zero-order chi connectivity index (χ0) is 15.3. The summed E-state index contributed by atoms with van der Waals surface area (Å²) in [4.78, 5) is 13.4. The van der Waals surface area contributed by atoms with Crippen LogP contribution in [0.25, 0.3) is 0 Å². The van der Waals surface area contributed by atoms with E-state index in [0.717, 1.165) is 12.1 Å². The van der Waals surface area contributed by atoms with E-state index in [4.69, 9.17) is 0 Å². The number of likely N-dealkylation sites (N-methyl/N-ethyl adjacent to an activating group) is 1. The molecule has 0 aliphatic rings. The maximum atomic E-state index is 12.5. The smallest absolute Gasteiger partial charge is 0.390 e. The Morgan fingerprint density at radius 3 is 2.60 bits per heavy atom. The number of carbonyl (C=O) groups is 1. The van der Waals surface area contributed by atoms with Gasteiger partial charge in [-0.25, -0.2) is 0 Å². The van der Waals surface area contributed by atoms with E-state index in [1.54, 1.807) is 19.0 Å². The zero-order valence-corrected chi connectivity index (χ0v) is 11.2. The summed E-state index contributed by atoms with van der Waals surface area (Å²) < 4.78 is 37.5. The van der Waals surface area contributed by atoms with Crippen molar-refractivity contribution in [2.45, 2.75) is 12.3 Å². The third-order valence-electron chi connectivity index (χ3n) is 2.53. The van der Waals surface area contributed by atoms with Crippen LogP contribution in [-0.4, -0.2) is 49.2 Å². The Morgan fingerprint density at radius 2 is 2.05 bits per heavy atom. The Morgan fingerprint density at radius 1 is 1.40 bits per heavy atom. The van der Waals surface area contributed by atoms with Crippen LogP contribution in [0.2, 0.25) is 0 Å². The molecule has 2 N–H and O–H groups in total. The average molecular weight is 290 g/mol. The first kappa shape index (κ1) is 16.5. The highest BCUT2D eigenvalue weighted by Crippen LogP contribution is 2.29. The molecule has 20 heavy (non-hydrogen) atoms. The molecule has 1 aromatic carbocycles. The minimum atomic E-state index is -4.49. The number of aliphatic hydroxyl groups excluding tert-OH is 1. The average Bonchev–Trinajstić information content (AvgIpc) is 2.34. The molecule has 0 aliphatic carbocycles.